The van der Waals surface area contributed by atoms with Gasteiger partial charge in [0.15, 0.2) is 0 Å². The molecule has 0 aliphatic carbocycles. The summed E-state index contributed by atoms with van der Waals surface area (Å²) >= 11 is 0. The summed E-state index contributed by atoms with van der Waals surface area (Å²) in [4.78, 5) is 2.33. The summed E-state index contributed by atoms with van der Waals surface area (Å²) in [5.74, 6) is 2.78. The number of hydrogen-bond donors (Lipinski definition) is 1. The second-order valence-electron chi connectivity index (χ2n) is 5.63. The molecule has 1 aromatic rings. The van der Waals surface area contributed by atoms with Crippen molar-refractivity contribution in [2.75, 3.05) is 33.9 Å². The molecule has 4 heteroatoms. The van der Waals surface area contributed by atoms with Gasteiger partial charge in [0.2, 0.25) is 0 Å². The summed E-state index contributed by atoms with van der Waals surface area (Å²) in [5, 5.41) is 3.13. The van der Waals surface area contributed by atoms with Gasteiger partial charge in [0.05, 0.1) is 19.7 Å². The number of furan rings is 1. The fourth-order valence-electron chi connectivity index (χ4n) is 2.73. The molecule has 1 aliphatic rings. The lowest BCUT2D eigenvalue weighted by atomic mass is 10.0. The van der Waals surface area contributed by atoms with Crippen molar-refractivity contribution in [3.8, 4) is 0 Å². The molecule has 1 atom stereocenters. The quantitative estimate of drug-likeness (QED) is 0.856. The molecule has 0 bridgehead atoms. The molecule has 0 spiro atoms. The highest BCUT2D eigenvalue weighted by Gasteiger charge is 2.17. The summed E-state index contributed by atoms with van der Waals surface area (Å²) in [5.41, 5.74) is 1.23. The van der Waals surface area contributed by atoms with E-state index in [9.17, 15) is 0 Å². The molecule has 2 rings (SSSR count). The predicted molar refractivity (Wildman–Crippen MR) is 76.1 cm³/mol. The summed E-state index contributed by atoms with van der Waals surface area (Å²) in [6.45, 7) is 6.71. The van der Waals surface area contributed by atoms with Gasteiger partial charge in [0.25, 0.3) is 0 Å². The molecule has 1 unspecified atom stereocenters. The van der Waals surface area contributed by atoms with E-state index < -0.39 is 0 Å². The molecule has 0 aromatic carbocycles. The van der Waals surface area contributed by atoms with E-state index >= 15 is 0 Å². The molecule has 0 saturated carbocycles. The van der Waals surface area contributed by atoms with Gasteiger partial charge in [-0.05, 0) is 51.4 Å². The number of rotatable bonds is 6. The van der Waals surface area contributed by atoms with Crippen LogP contribution in [-0.4, -0.2) is 38.8 Å². The van der Waals surface area contributed by atoms with Crippen LogP contribution in [0.2, 0.25) is 0 Å². The van der Waals surface area contributed by atoms with Gasteiger partial charge < -0.3 is 14.5 Å². The molecule has 108 valence electrons. The van der Waals surface area contributed by atoms with E-state index in [1.807, 2.05) is 7.05 Å². The van der Waals surface area contributed by atoms with Crippen LogP contribution < -0.4 is 5.32 Å². The van der Waals surface area contributed by atoms with Crippen molar-refractivity contribution in [2.24, 2.45) is 5.92 Å². The van der Waals surface area contributed by atoms with Gasteiger partial charge in [0, 0.05) is 13.2 Å². The Kier molecular flexibility index (Phi) is 5.43. The molecule has 1 saturated heterocycles. The monoisotopic (exact) mass is 266 g/mol. The fraction of sp³-hybridized carbons (Fsp3) is 0.733. The molecule has 1 aromatic heterocycles. The number of nitrogens with one attached hydrogen (secondary N) is 1. The van der Waals surface area contributed by atoms with E-state index in [-0.39, 0.29) is 0 Å². The molecule has 4 nitrogen and oxygen atoms in total. The van der Waals surface area contributed by atoms with Gasteiger partial charge in [-0.25, -0.2) is 0 Å². The molecule has 19 heavy (non-hydrogen) atoms. The van der Waals surface area contributed by atoms with Crippen LogP contribution in [-0.2, 0) is 17.8 Å². The van der Waals surface area contributed by atoms with E-state index in [1.165, 1.54) is 18.4 Å². The molecule has 2 heterocycles. The van der Waals surface area contributed by atoms with E-state index in [4.69, 9.17) is 9.15 Å². The lowest BCUT2D eigenvalue weighted by Crippen LogP contribution is -2.30. The van der Waals surface area contributed by atoms with Crippen molar-refractivity contribution in [2.45, 2.75) is 32.9 Å². The maximum atomic E-state index is 5.88. The zero-order chi connectivity index (χ0) is 13.7. The van der Waals surface area contributed by atoms with Gasteiger partial charge >= 0.3 is 0 Å². The first-order valence-corrected chi connectivity index (χ1v) is 7.18. The number of ether oxygens (including phenoxy) is 1. The lowest BCUT2D eigenvalue weighted by Gasteiger charge is -2.26. The maximum Gasteiger partial charge on any atom is 0.120 e. The Hall–Kier alpha value is -0.840. The number of hydrogen-bond acceptors (Lipinski definition) is 4. The predicted octanol–water partition coefficient (Wildman–Crippen LogP) is 2.17. The van der Waals surface area contributed by atoms with Crippen LogP contribution in [0.3, 0.4) is 0 Å². The summed E-state index contributed by atoms with van der Waals surface area (Å²) in [6.07, 6.45) is 2.48. The first-order chi connectivity index (χ1) is 9.19. The second kappa shape index (κ2) is 7.08. The van der Waals surface area contributed by atoms with Crippen LogP contribution in [0.5, 0.6) is 0 Å². The van der Waals surface area contributed by atoms with Crippen molar-refractivity contribution < 1.29 is 9.15 Å². The second-order valence-corrected chi connectivity index (χ2v) is 5.63. The van der Waals surface area contributed by atoms with Gasteiger partial charge in [-0.1, -0.05) is 0 Å². The first-order valence-electron chi connectivity index (χ1n) is 7.18. The molecule has 1 N–H and O–H groups in total. The minimum atomic E-state index is 0.673. The Morgan fingerprint density at radius 3 is 3.00 bits per heavy atom. The van der Waals surface area contributed by atoms with Crippen LogP contribution in [0.4, 0.5) is 0 Å². The van der Waals surface area contributed by atoms with Crippen molar-refractivity contribution in [1.82, 2.24) is 10.2 Å². The topological polar surface area (TPSA) is 37.6 Å². The third-order valence-corrected chi connectivity index (χ3v) is 3.66. The average Bonchev–Trinajstić information content (AvgIpc) is 2.71. The molecule has 1 aliphatic heterocycles. The standard InChI is InChI=1S/C15H26N2O2/c1-12-7-14(19-15(12)8-16-2)10-17(3)9-13-5-4-6-18-11-13/h7,13,16H,4-6,8-11H2,1-3H3. The average molecular weight is 266 g/mol. The minimum absolute atomic E-state index is 0.673. The molecular weight excluding hydrogens is 240 g/mol. The van der Waals surface area contributed by atoms with Crippen LogP contribution >= 0.6 is 0 Å². The van der Waals surface area contributed by atoms with Gasteiger partial charge in [0.1, 0.15) is 11.5 Å². The third kappa shape index (κ3) is 4.34. The fourth-order valence-corrected chi connectivity index (χ4v) is 2.73. The van der Waals surface area contributed by atoms with E-state index in [0.717, 1.165) is 44.4 Å². The normalized spacial score (nSPS) is 20.1. The zero-order valence-corrected chi connectivity index (χ0v) is 12.4. The molecule has 0 amide bonds. The van der Waals surface area contributed by atoms with Crippen molar-refractivity contribution in [3.63, 3.8) is 0 Å². The summed E-state index contributed by atoms with van der Waals surface area (Å²) in [7, 11) is 4.10. The van der Waals surface area contributed by atoms with Crippen molar-refractivity contribution in [1.29, 1.82) is 0 Å². The van der Waals surface area contributed by atoms with Crippen LogP contribution in [0, 0.1) is 12.8 Å². The highest BCUT2D eigenvalue weighted by Crippen LogP contribution is 2.18. The number of aryl methyl sites for hydroxylation is 1. The Morgan fingerprint density at radius 1 is 1.47 bits per heavy atom. The van der Waals surface area contributed by atoms with Crippen LogP contribution in [0.25, 0.3) is 0 Å². The van der Waals surface area contributed by atoms with E-state index in [1.54, 1.807) is 0 Å². The lowest BCUT2D eigenvalue weighted by molar-refractivity contribution is 0.0403. The zero-order valence-electron chi connectivity index (χ0n) is 12.4. The SMILES string of the molecule is CNCc1oc(CN(C)CC2CCCOC2)cc1C. The molecule has 1 fully saturated rings. The first kappa shape index (κ1) is 14.6. The van der Waals surface area contributed by atoms with Crippen molar-refractivity contribution in [3.05, 3.63) is 23.2 Å². The molecule has 0 radical (unpaired) electrons. The van der Waals surface area contributed by atoms with Crippen LogP contribution in [0.1, 0.15) is 29.9 Å². The Bertz CT molecular complexity index is 383. The maximum absolute atomic E-state index is 5.88. The summed E-state index contributed by atoms with van der Waals surface area (Å²) in [6, 6.07) is 2.15. The van der Waals surface area contributed by atoms with E-state index in [0.29, 0.717) is 5.92 Å². The van der Waals surface area contributed by atoms with Gasteiger partial charge in [-0.15, -0.1) is 0 Å². The molecular formula is C15H26N2O2. The highest BCUT2D eigenvalue weighted by atomic mass is 16.5. The summed E-state index contributed by atoms with van der Waals surface area (Å²) < 4.78 is 11.4. The third-order valence-electron chi connectivity index (χ3n) is 3.66. The Balaban J connectivity index is 1.83. The highest BCUT2D eigenvalue weighted by molar-refractivity contribution is 5.19. The Morgan fingerprint density at radius 2 is 2.32 bits per heavy atom. The van der Waals surface area contributed by atoms with Gasteiger partial charge in [-0.2, -0.15) is 0 Å². The Labute approximate surface area is 116 Å². The van der Waals surface area contributed by atoms with Crippen molar-refractivity contribution >= 4 is 0 Å². The van der Waals surface area contributed by atoms with Gasteiger partial charge in [-0.3, -0.25) is 4.90 Å². The van der Waals surface area contributed by atoms with E-state index in [2.05, 4.69) is 30.3 Å². The smallest absolute Gasteiger partial charge is 0.120 e. The minimum Gasteiger partial charge on any atom is -0.463 e. The number of nitrogens with zero attached hydrogens (tertiary/aromatic N) is 1. The van der Waals surface area contributed by atoms with Crippen LogP contribution in [0.15, 0.2) is 10.5 Å². The largest absolute Gasteiger partial charge is 0.463 e.